The molecule has 4 heteroatoms. The zero-order valence-corrected chi connectivity index (χ0v) is 9.40. The van der Waals surface area contributed by atoms with Crippen LogP contribution in [0.2, 0.25) is 0 Å². The fraction of sp³-hybridized carbons (Fsp3) is 0.500. The number of nitrogens with one attached hydrogen (secondary N) is 2. The van der Waals surface area contributed by atoms with E-state index in [2.05, 4.69) is 22.5 Å². The van der Waals surface area contributed by atoms with Crippen LogP contribution in [0.1, 0.15) is 25.5 Å². The minimum absolute atomic E-state index is 0.448. The van der Waals surface area contributed by atoms with Gasteiger partial charge in [-0.25, -0.2) is 4.98 Å². The van der Waals surface area contributed by atoms with Crippen molar-refractivity contribution in [3.63, 3.8) is 0 Å². The largest absolute Gasteiger partial charge is 0.380 e. The van der Waals surface area contributed by atoms with Crippen LogP contribution in [0.15, 0.2) is 18.3 Å². The molecule has 16 heavy (non-hydrogen) atoms. The molecule has 4 nitrogen and oxygen atoms in total. The quantitative estimate of drug-likeness (QED) is 0.786. The van der Waals surface area contributed by atoms with E-state index in [-0.39, 0.29) is 0 Å². The number of nitrogens with zero attached hydrogens (tertiary/aromatic N) is 2. The van der Waals surface area contributed by atoms with Gasteiger partial charge in [-0.3, -0.25) is 0 Å². The topological polar surface area (TPSA) is 60.7 Å². The lowest BCUT2D eigenvalue weighted by molar-refractivity contribution is 0.389. The fourth-order valence-electron chi connectivity index (χ4n) is 2.00. The Kier molecular flexibility index (Phi) is 3.37. The van der Waals surface area contributed by atoms with Gasteiger partial charge in [0.15, 0.2) is 0 Å². The molecule has 1 aliphatic heterocycles. The summed E-state index contributed by atoms with van der Waals surface area (Å²) < 4.78 is 0. The highest BCUT2D eigenvalue weighted by molar-refractivity contribution is 5.44. The normalized spacial score (nSPS) is 24.8. The summed E-state index contributed by atoms with van der Waals surface area (Å²) in [6, 6.07) is 6.59. The van der Waals surface area contributed by atoms with Gasteiger partial charge in [-0.1, -0.05) is 0 Å². The molecule has 2 atom stereocenters. The first kappa shape index (κ1) is 10.9. The summed E-state index contributed by atoms with van der Waals surface area (Å²) >= 11 is 0. The summed E-state index contributed by atoms with van der Waals surface area (Å²) in [7, 11) is 0. The lowest BCUT2D eigenvalue weighted by Gasteiger charge is -2.31. The van der Waals surface area contributed by atoms with Crippen LogP contribution in [0.5, 0.6) is 0 Å². The van der Waals surface area contributed by atoms with Crippen LogP contribution in [0.3, 0.4) is 0 Å². The maximum Gasteiger partial charge on any atom is 0.140 e. The van der Waals surface area contributed by atoms with E-state index in [1.165, 1.54) is 12.8 Å². The first-order chi connectivity index (χ1) is 7.79. The Labute approximate surface area is 95.7 Å². The molecule has 0 saturated carbocycles. The Bertz CT molecular complexity index is 379. The molecule has 2 N–H and O–H groups in total. The Morgan fingerprint density at radius 3 is 3.06 bits per heavy atom. The number of rotatable bonds is 2. The average molecular weight is 216 g/mol. The third-order valence-electron chi connectivity index (χ3n) is 2.99. The molecular weight excluding hydrogens is 200 g/mol. The standard InChI is InChI=1S/C12H16N4/c1-9-12(3-2-6-14-9)16-11-5-4-10(7-13)15-8-11/h4-5,8-9,12,14,16H,2-3,6H2,1H3. The highest BCUT2D eigenvalue weighted by atomic mass is 15.0. The van der Waals surface area contributed by atoms with Crippen molar-refractivity contribution in [2.45, 2.75) is 31.8 Å². The van der Waals surface area contributed by atoms with E-state index in [9.17, 15) is 0 Å². The van der Waals surface area contributed by atoms with E-state index in [1.54, 1.807) is 12.3 Å². The first-order valence-electron chi connectivity index (χ1n) is 5.65. The van der Waals surface area contributed by atoms with Crippen LogP contribution in [0, 0.1) is 11.3 Å². The monoisotopic (exact) mass is 216 g/mol. The van der Waals surface area contributed by atoms with Crippen molar-refractivity contribution >= 4 is 5.69 Å². The first-order valence-corrected chi connectivity index (χ1v) is 5.65. The predicted molar refractivity (Wildman–Crippen MR) is 63.1 cm³/mol. The highest BCUT2D eigenvalue weighted by Gasteiger charge is 2.20. The van der Waals surface area contributed by atoms with E-state index in [0.717, 1.165) is 12.2 Å². The molecule has 84 valence electrons. The minimum atomic E-state index is 0.448. The second-order valence-corrected chi connectivity index (χ2v) is 4.18. The van der Waals surface area contributed by atoms with Gasteiger partial charge in [0.2, 0.25) is 0 Å². The van der Waals surface area contributed by atoms with E-state index in [0.29, 0.717) is 17.8 Å². The molecule has 1 fully saturated rings. The van der Waals surface area contributed by atoms with Gasteiger partial charge in [0.25, 0.3) is 0 Å². The lowest BCUT2D eigenvalue weighted by atomic mass is 10.00. The number of nitriles is 1. The Morgan fingerprint density at radius 2 is 2.44 bits per heavy atom. The van der Waals surface area contributed by atoms with Gasteiger partial charge >= 0.3 is 0 Å². The molecule has 2 rings (SSSR count). The smallest absolute Gasteiger partial charge is 0.140 e. The molecule has 1 aromatic heterocycles. The SMILES string of the molecule is CC1NCCCC1Nc1ccc(C#N)nc1. The van der Waals surface area contributed by atoms with Gasteiger partial charge in [-0.2, -0.15) is 5.26 Å². The summed E-state index contributed by atoms with van der Waals surface area (Å²) in [4.78, 5) is 4.04. The molecule has 2 heterocycles. The molecular formula is C12H16N4. The molecule has 1 aromatic rings. The van der Waals surface area contributed by atoms with Crippen molar-refractivity contribution in [2.24, 2.45) is 0 Å². The molecule has 1 aliphatic rings. The fourth-order valence-corrected chi connectivity index (χ4v) is 2.00. The van der Waals surface area contributed by atoms with Crippen LogP contribution in [-0.4, -0.2) is 23.6 Å². The second-order valence-electron chi connectivity index (χ2n) is 4.18. The number of hydrogen-bond donors (Lipinski definition) is 2. The lowest BCUT2D eigenvalue weighted by Crippen LogP contribution is -2.46. The number of anilines is 1. The summed E-state index contributed by atoms with van der Waals surface area (Å²) in [6.45, 7) is 3.29. The predicted octanol–water partition coefficient (Wildman–Crippen LogP) is 1.51. The van der Waals surface area contributed by atoms with E-state index in [1.807, 2.05) is 12.1 Å². The van der Waals surface area contributed by atoms with E-state index < -0.39 is 0 Å². The molecule has 0 aromatic carbocycles. The van der Waals surface area contributed by atoms with Gasteiger partial charge in [-0.05, 0) is 38.4 Å². The maximum absolute atomic E-state index is 8.65. The number of piperidine rings is 1. The Balaban J connectivity index is 2.00. The zero-order chi connectivity index (χ0) is 11.4. The van der Waals surface area contributed by atoms with Crippen molar-refractivity contribution in [1.29, 1.82) is 5.26 Å². The van der Waals surface area contributed by atoms with Crippen molar-refractivity contribution in [3.05, 3.63) is 24.0 Å². The molecule has 0 amide bonds. The molecule has 0 spiro atoms. The summed E-state index contributed by atoms with van der Waals surface area (Å²) in [6.07, 6.45) is 4.10. The van der Waals surface area contributed by atoms with Crippen molar-refractivity contribution in [3.8, 4) is 6.07 Å². The number of aromatic nitrogens is 1. The molecule has 0 radical (unpaired) electrons. The molecule has 0 bridgehead atoms. The van der Waals surface area contributed by atoms with Crippen LogP contribution < -0.4 is 10.6 Å². The van der Waals surface area contributed by atoms with E-state index in [4.69, 9.17) is 5.26 Å². The van der Waals surface area contributed by atoms with Gasteiger partial charge in [0.1, 0.15) is 11.8 Å². The summed E-state index contributed by atoms with van der Waals surface area (Å²) in [5, 5.41) is 15.5. The number of pyridine rings is 1. The van der Waals surface area contributed by atoms with Crippen molar-refractivity contribution in [2.75, 3.05) is 11.9 Å². The van der Waals surface area contributed by atoms with Crippen molar-refractivity contribution in [1.82, 2.24) is 10.3 Å². The molecule has 0 aliphatic carbocycles. The second kappa shape index (κ2) is 4.95. The zero-order valence-electron chi connectivity index (χ0n) is 9.40. The third-order valence-corrected chi connectivity index (χ3v) is 2.99. The van der Waals surface area contributed by atoms with E-state index >= 15 is 0 Å². The van der Waals surface area contributed by atoms with Gasteiger partial charge in [-0.15, -0.1) is 0 Å². The molecule has 2 unspecified atom stereocenters. The van der Waals surface area contributed by atoms with Crippen LogP contribution in [0.25, 0.3) is 0 Å². The van der Waals surface area contributed by atoms with Crippen LogP contribution in [-0.2, 0) is 0 Å². The number of hydrogen-bond acceptors (Lipinski definition) is 4. The average Bonchev–Trinajstić information content (AvgIpc) is 2.33. The summed E-state index contributed by atoms with van der Waals surface area (Å²) in [5.41, 5.74) is 1.44. The highest BCUT2D eigenvalue weighted by Crippen LogP contribution is 2.15. The Morgan fingerprint density at radius 1 is 1.56 bits per heavy atom. The van der Waals surface area contributed by atoms with Crippen LogP contribution >= 0.6 is 0 Å². The van der Waals surface area contributed by atoms with Crippen molar-refractivity contribution < 1.29 is 0 Å². The van der Waals surface area contributed by atoms with Gasteiger partial charge in [0.05, 0.1) is 11.9 Å². The van der Waals surface area contributed by atoms with Gasteiger partial charge in [0, 0.05) is 12.1 Å². The Hall–Kier alpha value is -1.60. The minimum Gasteiger partial charge on any atom is -0.380 e. The third kappa shape index (κ3) is 2.50. The van der Waals surface area contributed by atoms with Crippen LogP contribution in [0.4, 0.5) is 5.69 Å². The van der Waals surface area contributed by atoms with Gasteiger partial charge < -0.3 is 10.6 Å². The summed E-state index contributed by atoms with van der Waals surface area (Å²) in [5.74, 6) is 0. The maximum atomic E-state index is 8.65. The molecule has 1 saturated heterocycles.